The van der Waals surface area contributed by atoms with Gasteiger partial charge >= 0.3 is 0 Å². The fourth-order valence-electron chi connectivity index (χ4n) is 1.85. The van der Waals surface area contributed by atoms with Gasteiger partial charge in [0.15, 0.2) is 6.29 Å². The molecule has 0 aliphatic carbocycles. The third-order valence-corrected chi connectivity index (χ3v) is 3.10. The fourth-order valence-corrected chi connectivity index (χ4v) is 2.23. The number of halogens is 1. The highest BCUT2D eigenvalue weighted by Crippen LogP contribution is 2.23. The average molecular weight is 275 g/mol. The zero-order valence-corrected chi connectivity index (χ0v) is 9.81. The van der Waals surface area contributed by atoms with Gasteiger partial charge in [0.2, 0.25) is 0 Å². The molecular weight excluding hydrogens is 268 g/mol. The molecule has 2 aromatic heterocycles. The van der Waals surface area contributed by atoms with Gasteiger partial charge in [-0.2, -0.15) is 0 Å². The molecule has 0 atom stereocenters. The van der Waals surface area contributed by atoms with Gasteiger partial charge in [-0.1, -0.05) is 15.9 Å². The Kier molecular flexibility index (Phi) is 2.04. The summed E-state index contributed by atoms with van der Waals surface area (Å²) < 4.78 is 2.83. The molecule has 0 aliphatic heterocycles. The summed E-state index contributed by atoms with van der Waals surface area (Å²) in [6.07, 6.45) is 4.26. The molecule has 3 nitrogen and oxygen atoms in total. The Bertz CT molecular complexity index is 703. The Morgan fingerprint density at radius 3 is 3.00 bits per heavy atom. The van der Waals surface area contributed by atoms with Gasteiger partial charge in [-0.3, -0.25) is 9.20 Å². The molecule has 4 heteroatoms. The molecule has 0 amide bonds. The lowest BCUT2D eigenvalue weighted by Gasteiger charge is -2.01. The molecule has 0 radical (unpaired) electrons. The number of aromatic nitrogens is 2. The zero-order valence-electron chi connectivity index (χ0n) is 8.22. The van der Waals surface area contributed by atoms with Crippen LogP contribution in [0.25, 0.3) is 16.4 Å². The van der Waals surface area contributed by atoms with Crippen LogP contribution in [0.1, 0.15) is 10.5 Å². The van der Waals surface area contributed by atoms with Crippen molar-refractivity contribution in [2.75, 3.05) is 0 Å². The number of hydrogen-bond acceptors (Lipinski definition) is 2. The molecule has 1 aromatic carbocycles. The van der Waals surface area contributed by atoms with Gasteiger partial charge in [0.05, 0.1) is 6.20 Å². The molecule has 0 spiro atoms. The first-order valence-electron chi connectivity index (χ1n) is 4.80. The lowest BCUT2D eigenvalue weighted by molar-refractivity contribution is 0.111. The van der Waals surface area contributed by atoms with E-state index in [-0.39, 0.29) is 0 Å². The smallest absolute Gasteiger partial charge is 0.168 e. The van der Waals surface area contributed by atoms with E-state index in [1.54, 1.807) is 10.6 Å². The molecular formula is C12H7BrN2O. The van der Waals surface area contributed by atoms with Crippen LogP contribution in [0.15, 0.2) is 41.1 Å². The van der Waals surface area contributed by atoms with Gasteiger partial charge in [0, 0.05) is 16.1 Å². The van der Waals surface area contributed by atoms with Crippen molar-refractivity contribution in [2.24, 2.45) is 0 Å². The SMILES string of the molecule is O=Cc1cnc2c3ccc(Br)cc3ccn12. The topological polar surface area (TPSA) is 34.4 Å². The lowest BCUT2D eigenvalue weighted by atomic mass is 10.2. The number of pyridine rings is 1. The molecule has 0 saturated carbocycles. The van der Waals surface area contributed by atoms with Crippen LogP contribution < -0.4 is 0 Å². The largest absolute Gasteiger partial charge is 0.297 e. The number of fused-ring (bicyclic) bond motifs is 3. The number of rotatable bonds is 1. The van der Waals surface area contributed by atoms with Crippen LogP contribution in [-0.4, -0.2) is 15.7 Å². The molecule has 16 heavy (non-hydrogen) atoms. The summed E-state index contributed by atoms with van der Waals surface area (Å²) in [5, 5.41) is 2.14. The lowest BCUT2D eigenvalue weighted by Crippen LogP contribution is -1.90. The van der Waals surface area contributed by atoms with Crippen molar-refractivity contribution in [1.29, 1.82) is 0 Å². The Morgan fingerprint density at radius 2 is 2.19 bits per heavy atom. The number of benzene rings is 1. The molecule has 3 aromatic rings. The zero-order chi connectivity index (χ0) is 11.1. The highest BCUT2D eigenvalue weighted by atomic mass is 79.9. The van der Waals surface area contributed by atoms with Crippen LogP contribution in [0, 0.1) is 0 Å². The number of imidazole rings is 1. The first-order chi connectivity index (χ1) is 7.79. The quantitative estimate of drug-likeness (QED) is 0.640. The third kappa shape index (κ3) is 1.27. The van der Waals surface area contributed by atoms with E-state index in [2.05, 4.69) is 20.9 Å². The minimum Gasteiger partial charge on any atom is -0.297 e. The first kappa shape index (κ1) is 9.54. The van der Waals surface area contributed by atoms with Gasteiger partial charge in [-0.15, -0.1) is 0 Å². The maximum Gasteiger partial charge on any atom is 0.168 e. The maximum absolute atomic E-state index is 10.8. The predicted octanol–water partition coefficient (Wildman–Crippen LogP) is 3.06. The minimum atomic E-state index is 0.569. The van der Waals surface area contributed by atoms with E-state index in [9.17, 15) is 4.79 Å². The molecule has 0 fully saturated rings. The molecule has 0 bridgehead atoms. The first-order valence-corrected chi connectivity index (χ1v) is 5.59. The van der Waals surface area contributed by atoms with Gasteiger partial charge in [-0.05, 0) is 29.7 Å². The van der Waals surface area contributed by atoms with Crippen LogP contribution in [0.5, 0.6) is 0 Å². The van der Waals surface area contributed by atoms with Crippen LogP contribution >= 0.6 is 15.9 Å². The van der Waals surface area contributed by atoms with E-state index in [1.165, 1.54) is 0 Å². The highest BCUT2D eigenvalue weighted by molar-refractivity contribution is 9.10. The van der Waals surface area contributed by atoms with E-state index < -0.39 is 0 Å². The molecule has 0 saturated heterocycles. The van der Waals surface area contributed by atoms with Gasteiger partial charge in [0.25, 0.3) is 0 Å². The van der Waals surface area contributed by atoms with Crippen molar-refractivity contribution < 1.29 is 4.79 Å². The highest BCUT2D eigenvalue weighted by Gasteiger charge is 2.05. The summed E-state index contributed by atoms with van der Waals surface area (Å²) in [5.74, 6) is 0. The van der Waals surface area contributed by atoms with Crippen LogP contribution in [-0.2, 0) is 0 Å². The summed E-state index contributed by atoms with van der Waals surface area (Å²) in [4.78, 5) is 15.1. The van der Waals surface area contributed by atoms with Crippen molar-refractivity contribution in [3.8, 4) is 0 Å². The molecule has 0 aliphatic rings. The molecule has 78 valence electrons. The van der Waals surface area contributed by atoms with E-state index in [0.29, 0.717) is 5.69 Å². The second-order valence-electron chi connectivity index (χ2n) is 3.54. The van der Waals surface area contributed by atoms with Crippen LogP contribution in [0.4, 0.5) is 0 Å². The number of nitrogens with zero attached hydrogens (tertiary/aromatic N) is 2. The molecule has 3 rings (SSSR count). The Hall–Kier alpha value is -1.68. The minimum absolute atomic E-state index is 0.569. The molecule has 2 heterocycles. The van der Waals surface area contributed by atoms with Gasteiger partial charge < -0.3 is 0 Å². The van der Waals surface area contributed by atoms with E-state index in [0.717, 1.165) is 27.2 Å². The number of carbonyl (C=O) groups excluding carboxylic acids is 1. The molecule has 0 unspecified atom stereocenters. The van der Waals surface area contributed by atoms with E-state index in [1.807, 2.05) is 30.5 Å². The summed E-state index contributed by atoms with van der Waals surface area (Å²) >= 11 is 3.43. The number of hydrogen-bond donors (Lipinski definition) is 0. The van der Waals surface area contributed by atoms with Gasteiger partial charge in [-0.25, -0.2) is 4.98 Å². The van der Waals surface area contributed by atoms with Crippen molar-refractivity contribution in [1.82, 2.24) is 9.38 Å². The standard InChI is InChI=1S/C12H7BrN2O/c13-9-1-2-11-8(5-9)3-4-15-10(7-16)6-14-12(11)15/h1-7H. The summed E-state index contributed by atoms with van der Waals surface area (Å²) in [6, 6.07) is 7.97. The number of carbonyl (C=O) groups is 1. The fraction of sp³-hybridized carbons (Fsp3) is 0. The van der Waals surface area contributed by atoms with Gasteiger partial charge in [0.1, 0.15) is 11.3 Å². The monoisotopic (exact) mass is 274 g/mol. The maximum atomic E-state index is 10.8. The van der Waals surface area contributed by atoms with Crippen molar-refractivity contribution in [2.45, 2.75) is 0 Å². The average Bonchev–Trinajstić information content (AvgIpc) is 2.71. The van der Waals surface area contributed by atoms with Crippen LogP contribution in [0.3, 0.4) is 0 Å². The van der Waals surface area contributed by atoms with Crippen molar-refractivity contribution in [3.63, 3.8) is 0 Å². The third-order valence-electron chi connectivity index (χ3n) is 2.60. The van der Waals surface area contributed by atoms with Crippen molar-refractivity contribution in [3.05, 3.63) is 46.8 Å². The second kappa shape index (κ2) is 3.42. The van der Waals surface area contributed by atoms with E-state index in [4.69, 9.17) is 0 Å². The van der Waals surface area contributed by atoms with E-state index >= 15 is 0 Å². The summed E-state index contributed by atoms with van der Waals surface area (Å²) in [6.45, 7) is 0. The Labute approximate surface area is 99.8 Å². The van der Waals surface area contributed by atoms with Crippen LogP contribution in [0.2, 0.25) is 0 Å². The summed E-state index contributed by atoms with van der Waals surface area (Å²) in [7, 11) is 0. The summed E-state index contributed by atoms with van der Waals surface area (Å²) in [5.41, 5.74) is 1.38. The number of aldehydes is 1. The molecule has 0 N–H and O–H groups in total. The van der Waals surface area contributed by atoms with Crippen molar-refractivity contribution >= 4 is 38.6 Å². The normalized spacial score (nSPS) is 11.1. The Balaban J connectivity index is 2.50. The predicted molar refractivity (Wildman–Crippen MR) is 65.8 cm³/mol. The second-order valence-corrected chi connectivity index (χ2v) is 4.46. The Morgan fingerprint density at radius 1 is 1.31 bits per heavy atom.